The first-order chi connectivity index (χ1) is 19.9. The lowest BCUT2D eigenvalue weighted by Crippen LogP contribution is -2.42. The molecule has 0 fully saturated rings. The van der Waals surface area contributed by atoms with Crippen LogP contribution in [0.3, 0.4) is 0 Å². The molecule has 0 aliphatic carbocycles. The van der Waals surface area contributed by atoms with E-state index in [2.05, 4.69) is 15.3 Å². The van der Waals surface area contributed by atoms with Gasteiger partial charge in [0.15, 0.2) is 5.15 Å². The molecule has 0 saturated carbocycles. The van der Waals surface area contributed by atoms with Gasteiger partial charge in [-0.3, -0.25) is 9.59 Å². The summed E-state index contributed by atoms with van der Waals surface area (Å²) in [5, 5.41) is 2.96. The van der Waals surface area contributed by atoms with Gasteiger partial charge in [-0.1, -0.05) is 48.0 Å². The van der Waals surface area contributed by atoms with Crippen LogP contribution in [0.25, 0.3) is 22.3 Å². The minimum Gasteiger partial charge on any atom is -0.489 e. The highest BCUT2D eigenvalue weighted by molar-refractivity contribution is 6.32. The van der Waals surface area contributed by atoms with E-state index < -0.39 is 23.9 Å². The van der Waals surface area contributed by atoms with Crippen molar-refractivity contribution >= 4 is 40.5 Å². The maximum absolute atomic E-state index is 12.8. The Labute approximate surface area is 242 Å². The third kappa shape index (κ3) is 8.02. The van der Waals surface area contributed by atoms with Crippen LogP contribution in [0.4, 0.5) is 0 Å². The number of fused-ring (bicyclic) bond motifs is 1. The van der Waals surface area contributed by atoms with E-state index in [4.69, 9.17) is 25.8 Å². The summed E-state index contributed by atoms with van der Waals surface area (Å²) in [5.41, 5.74) is 4.09. The molecule has 1 N–H and O–H groups in total. The van der Waals surface area contributed by atoms with E-state index in [1.54, 1.807) is 38.1 Å². The normalized spacial score (nSPS) is 11.5. The van der Waals surface area contributed by atoms with Crippen LogP contribution >= 0.6 is 11.6 Å². The molecule has 1 amide bonds. The third-order valence-corrected chi connectivity index (χ3v) is 6.34. The summed E-state index contributed by atoms with van der Waals surface area (Å²) in [5.74, 6) is -0.980. The molecular weight excluding hydrogens is 546 g/mol. The molecule has 10 heteroatoms. The molecule has 4 rings (SSSR count). The maximum Gasteiger partial charge on any atom is 0.328 e. The Bertz CT molecular complexity index is 1510. The fraction of sp³-hybridized carbons (Fsp3) is 0.258. The number of hydrogen-bond acceptors (Lipinski definition) is 8. The van der Waals surface area contributed by atoms with E-state index in [-0.39, 0.29) is 32.7 Å². The van der Waals surface area contributed by atoms with Crippen molar-refractivity contribution in [2.24, 2.45) is 0 Å². The Hall–Kier alpha value is -4.50. The molecule has 41 heavy (non-hydrogen) atoms. The smallest absolute Gasteiger partial charge is 0.328 e. The second-order valence-electron chi connectivity index (χ2n) is 8.99. The second kappa shape index (κ2) is 14.2. The van der Waals surface area contributed by atoms with Crippen LogP contribution in [0.2, 0.25) is 5.15 Å². The number of carbonyl (C=O) groups excluding carboxylic acids is 3. The number of esters is 2. The van der Waals surface area contributed by atoms with Gasteiger partial charge in [-0.2, -0.15) is 0 Å². The molecule has 1 atom stereocenters. The van der Waals surface area contributed by atoms with Crippen LogP contribution in [0.5, 0.6) is 5.75 Å². The van der Waals surface area contributed by atoms with Crippen LogP contribution in [-0.2, 0) is 25.7 Å². The molecule has 0 radical (unpaired) electrons. The van der Waals surface area contributed by atoms with Crippen LogP contribution in [0.15, 0.2) is 72.8 Å². The van der Waals surface area contributed by atoms with Gasteiger partial charge in [-0.05, 0) is 62.2 Å². The summed E-state index contributed by atoms with van der Waals surface area (Å²) in [6.07, 6.45) is 0.0463. The summed E-state index contributed by atoms with van der Waals surface area (Å²) < 4.78 is 15.9. The molecule has 212 valence electrons. The summed E-state index contributed by atoms with van der Waals surface area (Å²) in [6.45, 7) is 4.03. The first-order valence-corrected chi connectivity index (χ1v) is 13.6. The molecule has 0 spiro atoms. The number of halogens is 1. The topological polar surface area (TPSA) is 117 Å². The van der Waals surface area contributed by atoms with Crippen molar-refractivity contribution in [2.75, 3.05) is 13.2 Å². The van der Waals surface area contributed by atoms with Gasteiger partial charge in [0, 0.05) is 17.5 Å². The lowest BCUT2D eigenvalue weighted by atomic mass is 10.1. The lowest BCUT2D eigenvalue weighted by molar-refractivity contribution is -0.146. The number of nitrogens with zero attached hydrogens (tertiary/aromatic N) is 2. The molecule has 9 nitrogen and oxygen atoms in total. The van der Waals surface area contributed by atoms with Crippen molar-refractivity contribution in [3.63, 3.8) is 0 Å². The standard InChI is InChI=1S/C31H30ClN3O6/c1-3-39-27(36)17-16-25(31(38)40-4-2)35-30(37)22-11-13-23(14-12-22)41-19-20-10-15-24-26(18-20)34-29(32)28(33-24)21-8-6-5-7-9-21/h5-15,18,25H,3-4,16-17,19H2,1-2H3,(H,35,37)/t25-/m0/s1. The zero-order valence-corrected chi connectivity index (χ0v) is 23.5. The van der Waals surface area contributed by atoms with Crippen molar-refractivity contribution in [3.8, 4) is 17.0 Å². The minimum atomic E-state index is -0.976. The Kier molecular flexibility index (Phi) is 10.2. The molecule has 0 bridgehead atoms. The van der Waals surface area contributed by atoms with Crippen molar-refractivity contribution in [2.45, 2.75) is 39.3 Å². The quantitative estimate of drug-likeness (QED) is 0.219. The van der Waals surface area contributed by atoms with E-state index in [1.165, 1.54) is 0 Å². The number of hydrogen-bond donors (Lipinski definition) is 1. The maximum atomic E-state index is 12.8. The summed E-state index contributed by atoms with van der Waals surface area (Å²) >= 11 is 6.43. The predicted octanol–water partition coefficient (Wildman–Crippen LogP) is 5.53. The number of benzene rings is 3. The van der Waals surface area contributed by atoms with Gasteiger partial charge in [0.2, 0.25) is 0 Å². The monoisotopic (exact) mass is 575 g/mol. The summed E-state index contributed by atoms with van der Waals surface area (Å²) in [7, 11) is 0. The Morgan fingerprint density at radius 1 is 0.878 bits per heavy atom. The number of carbonyl (C=O) groups is 3. The first kappa shape index (κ1) is 29.5. The zero-order valence-electron chi connectivity index (χ0n) is 22.8. The zero-order chi connectivity index (χ0) is 29.2. The highest BCUT2D eigenvalue weighted by Crippen LogP contribution is 2.27. The number of aromatic nitrogens is 2. The van der Waals surface area contributed by atoms with Gasteiger partial charge in [-0.15, -0.1) is 0 Å². The predicted molar refractivity (Wildman–Crippen MR) is 155 cm³/mol. The molecular formula is C31H30ClN3O6. The van der Waals surface area contributed by atoms with Gasteiger partial charge >= 0.3 is 11.9 Å². The van der Waals surface area contributed by atoms with E-state index >= 15 is 0 Å². The second-order valence-corrected chi connectivity index (χ2v) is 9.34. The van der Waals surface area contributed by atoms with Crippen LogP contribution in [0.1, 0.15) is 42.6 Å². The van der Waals surface area contributed by atoms with Crippen molar-refractivity contribution in [1.82, 2.24) is 15.3 Å². The van der Waals surface area contributed by atoms with Crippen LogP contribution in [0, 0.1) is 0 Å². The molecule has 0 aliphatic rings. The Morgan fingerprint density at radius 2 is 1.61 bits per heavy atom. The van der Waals surface area contributed by atoms with Gasteiger partial charge in [0.05, 0.1) is 24.2 Å². The summed E-state index contributed by atoms with van der Waals surface area (Å²) in [6, 6.07) is 20.8. The van der Waals surface area contributed by atoms with Gasteiger partial charge in [-0.25, -0.2) is 14.8 Å². The molecule has 0 unspecified atom stereocenters. The largest absolute Gasteiger partial charge is 0.489 e. The van der Waals surface area contributed by atoms with Gasteiger partial charge in [0.25, 0.3) is 5.91 Å². The van der Waals surface area contributed by atoms with E-state index in [1.807, 2.05) is 48.5 Å². The van der Waals surface area contributed by atoms with Gasteiger partial charge < -0.3 is 19.5 Å². The average Bonchev–Trinajstić information content (AvgIpc) is 2.98. The molecule has 4 aromatic rings. The van der Waals surface area contributed by atoms with E-state index in [0.717, 1.165) is 16.6 Å². The minimum absolute atomic E-state index is 0.0227. The van der Waals surface area contributed by atoms with Crippen LogP contribution in [-0.4, -0.2) is 47.1 Å². The number of nitrogens with one attached hydrogen (secondary N) is 1. The van der Waals surface area contributed by atoms with Gasteiger partial charge in [0.1, 0.15) is 24.1 Å². The lowest BCUT2D eigenvalue weighted by Gasteiger charge is -2.17. The number of rotatable bonds is 12. The third-order valence-electron chi connectivity index (χ3n) is 6.07. The number of ether oxygens (including phenoxy) is 3. The van der Waals surface area contributed by atoms with Crippen molar-refractivity contribution in [1.29, 1.82) is 0 Å². The van der Waals surface area contributed by atoms with Crippen LogP contribution < -0.4 is 10.1 Å². The fourth-order valence-corrected chi connectivity index (χ4v) is 4.29. The first-order valence-electron chi connectivity index (χ1n) is 13.3. The van der Waals surface area contributed by atoms with Crippen molar-refractivity contribution in [3.05, 3.63) is 89.1 Å². The summed E-state index contributed by atoms with van der Waals surface area (Å²) in [4.78, 5) is 46.0. The fourth-order valence-electron chi connectivity index (χ4n) is 4.05. The molecule has 0 aliphatic heterocycles. The molecule has 0 saturated heterocycles. The number of amides is 1. The Balaban J connectivity index is 1.37. The van der Waals surface area contributed by atoms with Crippen molar-refractivity contribution < 1.29 is 28.6 Å². The van der Waals surface area contributed by atoms with E-state index in [0.29, 0.717) is 27.7 Å². The van der Waals surface area contributed by atoms with E-state index in [9.17, 15) is 14.4 Å². The molecule has 1 aromatic heterocycles. The molecule has 3 aromatic carbocycles. The molecule has 1 heterocycles. The highest BCUT2D eigenvalue weighted by atomic mass is 35.5. The average molecular weight is 576 g/mol. The SMILES string of the molecule is CCOC(=O)CC[C@H](NC(=O)c1ccc(OCc2ccc3nc(-c4ccccc4)c(Cl)nc3c2)cc1)C(=O)OCC. The highest BCUT2D eigenvalue weighted by Gasteiger charge is 2.24. The Morgan fingerprint density at radius 3 is 2.32 bits per heavy atom.